The number of halogens is 1. The Kier molecular flexibility index (Phi) is 5.98. The van der Waals surface area contributed by atoms with Crippen LogP contribution in [0.5, 0.6) is 5.75 Å². The van der Waals surface area contributed by atoms with Crippen LogP contribution in [0.25, 0.3) is 0 Å². The number of carbonyl (C=O) groups excluding carboxylic acids is 1. The molecule has 1 rings (SSSR count). The third kappa shape index (κ3) is 5.00. The van der Waals surface area contributed by atoms with Crippen molar-refractivity contribution in [2.75, 3.05) is 18.2 Å². The second-order valence-corrected chi connectivity index (χ2v) is 5.28. The van der Waals surface area contributed by atoms with Crippen molar-refractivity contribution in [2.45, 2.75) is 12.2 Å². The zero-order valence-electron chi connectivity index (χ0n) is 10.5. The second-order valence-electron chi connectivity index (χ2n) is 3.69. The lowest BCUT2D eigenvalue weighted by Crippen LogP contribution is -2.22. The normalized spacial score (nSPS) is 11.7. The van der Waals surface area contributed by atoms with Crippen molar-refractivity contribution in [3.8, 4) is 5.75 Å². The molecular formula is C12H14ClNO4S. The molecule has 7 heteroatoms. The number of carbonyl (C=O) groups is 2. The maximum Gasteiger partial charge on any atom is 0.341 e. The third-order valence-corrected chi connectivity index (χ3v) is 3.49. The molecular weight excluding hydrogens is 290 g/mol. The van der Waals surface area contributed by atoms with Crippen LogP contribution in [0.2, 0.25) is 5.02 Å². The Morgan fingerprint density at radius 2 is 2.21 bits per heavy atom. The Bertz CT molecular complexity index is 481. The van der Waals surface area contributed by atoms with Crippen molar-refractivity contribution >= 4 is 40.9 Å². The zero-order chi connectivity index (χ0) is 14.4. The molecule has 0 aliphatic carbocycles. The summed E-state index contributed by atoms with van der Waals surface area (Å²) in [6, 6.07) is 4.64. The highest BCUT2D eigenvalue weighted by molar-refractivity contribution is 7.99. The summed E-state index contributed by atoms with van der Waals surface area (Å²) in [5.41, 5.74) is 0.540. The summed E-state index contributed by atoms with van der Waals surface area (Å²) >= 11 is 7.37. The van der Waals surface area contributed by atoms with Crippen molar-refractivity contribution in [3.63, 3.8) is 0 Å². The van der Waals surface area contributed by atoms with Gasteiger partial charge in [0, 0.05) is 5.69 Å². The minimum Gasteiger partial charge on any atom is -0.480 e. The first-order valence-corrected chi connectivity index (χ1v) is 7.08. The lowest BCUT2D eigenvalue weighted by Gasteiger charge is -2.11. The molecule has 0 bridgehead atoms. The average molecular weight is 304 g/mol. The van der Waals surface area contributed by atoms with Crippen LogP contribution in [0, 0.1) is 0 Å². The van der Waals surface area contributed by atoms with Crippen LogP contribution in [0.1, 0.15) is 6.92 Å². The molecule has 5 nitrogen and oxygen atoms in total. The maximum atomic E-state index is 11.7. The van der Waals surface area contributed by atoms with Gasteiger partial charge in [0.25, 0.3) is 0 Å². The van der Waals surface area contributed by atoms with Crippen LogP contribution in [-0.4, -0.2) is 35.1 Å². The summed E-state index contributed by atoms with van der Waals surface area (Å²) in [7, 11) is 0. The number of rotatable bonds is 6. The van der Waals surface area contributed by atoms with Crippen LogP contribution in [0.3, 0.4) is 0 Å². The number of thioether (sulfide) groups is 1. The number of amides is 1. The molecule has 0 saturated heterocycles. The minimum absolute atomic E-state index is 0.122. The molecule has 1 aromatic carbocycles. The maximum absolute atomic E-state index is 11.7. The largest absolute Gasteiger partial charge is 0.480 e. The van der Waals surface area contributed by atoms with Gasteiger partial charge in [0.05, 0.1) is 10.3 Å². The van der Waals surface area contributed by atoms with Crippen molar-refractivity contribution < 1.29 is 19.4 Å². The van der Waals surface area contributed by atoms with Crippen LogP contribution in [0.15, 0.2) is 18.2 Å². The molecule has 2 N–H and O–H groups in total. The van der Waals surface area contributed by atoms with Crippen molar-refractivity contribution in [3.05, 3.63) is 23.2 Å². The van der Waals surface area contributed by atoms with Gasteiger partial charge in [0.15, 0.2) is 6.61 Å². The molecule has 0 aliphatic heterocycles. The first-order chi connectivity index (χ1) is 8.93. The fourth-order valence-corrected chi connectivity index (χ4v) is 1.69. The van der Waals surface area contributed by atoms with Gasteiger partial charge in [0.2, 0.25) is 5.91 Å². The third-order valence-electron chi connectivity index (χ3n) is 2.27. The zero-order valence-corrected chi connectivity index (χ0v) is 12.0. The van der Waals surface area contributed by atoms with E-state index in [0.29, 0.717) is 5.69 Å². The van der Waals surface area contributed by atoms with Crippen LogP contribution in [-0.2, 0) is 9.59 Å². The molecule has 0 radical (unpaired) electrons. The van der Waals surface area contributed by atoms with Gasteiger partial charge in [-0.3, -0.25) is 4.79 Å². The molecule has 1 aromatic rings. The Morgan fingerprint density at radius 1 is 1.53 bits per heavy atom. The standard InChI is InChI=1S/C12H14ClNO4S/c1-7(19-2)12(17)14-8-3-4-10(9(13)5-8)18-6-11(15)16/h3-5,7H,6H2,1-2H3,(H,14,17)(H,15,16). The van der Waals surface area contributed by atoms with E-state index in [1.54, 1.807) is 13.0 Å². The molecule has 0 heterocycles. The molecule has 0 aliphatic rings. The summed E-state index contributed by atoms with van der Waals surface area (Å²) in [6.45, 7) is 1.33. The summed E-state index contributed by atoms with van der Waals surface area (Å²) < 4.78 is 4.98. The Morgan fingerprint density at radius 3 is 2.74 bits per heavy atom. The summed E-state index contributed by atoms with van der Waals surface area (Å²) in [6.07, 6.45) is 1.85. The van der Waals surface area contributed by atoms with Gasteiger partial charge < -0.3 is 15.2 Å². The predicted molar refractivity (Wildman–Crippen MR) is 76.2 cm³/mol. The van der Waals surface area contributed by atoms with Crippen molar-refractivity contribution in [1.29, 1.82) is 0 Å². The van der Waals surface area contributed by atoms with Gasteiger partial charge in [-0.1, -0.05) is 11.6 Å². The topological polar surface area (TPSA) is 75.6 Å². The molecule has 19 heavy (non-hydrogen) atoms. The molecule has 1 unspecified atom stereocenters. The lowest BCUT2D eigenvalue weighted by molar-refractivity contribution is -0.139. The minimum atomic E-state index is -1.08. The highest BCUT2D eigenvalue weighted by Gasteiger charge is 2.12. The van der Waals surface area contributed by atoms with Gasteiger partial charge in [-0.25, -0.2) is 4.79 Å². The van der Waals surface area contributed by atoms with Crippen LogP contribution >= 0.6 is 23.4 Å². The van der Waals surface area contributed by atoms with E-state index in [2.05, 4.69) is 5.32 Å². The van der Waals surface area contributed by atoms with E-state index < -0.39 is 12.6 Å². The van der Waals surface area contributed by atoms with E-state index in [9.17, 15) is 9.59 Å². The Hall–Kier alpha value is -1.40. The highest BCUT2D eigenvalue weighted by Crippen LogP contribution is 2.28. The predicted octanol–water partition coefficient (Wildman–Crippen LogP) is 2.49. The second kappa shape index (κ2) is 7.25. The fourth-order valence-electron chi connectivity index (χ4n) is 1.19. The number of aliphatic carboxylic acids is 1. The van der Waals surface area contributed by atoms with E-state index in [4.69, 9.17) is 21.4 Å². The van der Waals surface area contributed by atoms with E-state index >= 15 is 0 Å². The van der Waals surface area contributed by atoms with Gasteiger partial charge in [-0.05, 0) is 31.4 Å². The summed E-state index contributed by atoms with van der Waals surface area (Å²) in [4.78, 5) is 22.0. The van der Waals surface area contributed by atoms with E-state index in [1.165, 1.54) is 23.9 Å². The first-order valence-electron chi connectivity index (χ1n) is 5.42. The van der Waals surface area contributed by atoms with Gasteiger partial charge in [-0.15, -0.1) is 0 Å². The van der Waals surface area contributed by atoms with Gasteiger partial charge in [0.1, 0.15) is 5.75 Å². The Labute approximate surface area is 120 Å². The van der Waals surface area contributed by atoms with Crippen LogP contribution < -0.4 is 10.1 Å². The number of nitrogens with one attached hydrogen (secondary N) is 1. The number of carboxylic acids is 1. The van der Waals surface area contributed by atoms with Gasteiger partial charge >= 0.3 is 5.97 Å². The molecule has 1 atom stereocenters. The van der Waals surface area contributed by atoms with E-state index in [-0.39, 0.29) is 21.9 Å². The lowest BCUT2D eigenvalue weighted by atomic mass is 10.3. The van der Waals surface area contributed by atoms with E-state index in [1.807, 2.05) is 6.26 Å². The van der Waals surface area contributed by atoms with Crippen molar-refractivity contribution in [1.82, 2.24) is 0 Å². The highest BCUT2D eigenvalue weighted by atomic mass is 35.5. The van der Waals surface area contributed by atoms with E-state index in [0.717, 1.165) is 0 Å². The SMILES string of the molecule is CSC(C)C(=O)Nc1ccc(OCC(=O)O)c(Cl)c1. The molecule has 0 spiro atoms. The molecule has 0 aromatic heterocycles. The smallest absolute Gasteiger partial charge is 0.341 e. The average Bonchev–Trinajstić information content (AvgIpc) is 2.36. The number of benzene rings is 1. The molecule has 0 saturated carbocycles. The summed E-state index contributed by atoms with van der Waals surface area (Å²) in [5.74, 6) is -0.940. The Balaban J connectivity index is 2.71. The monoisotopic (exact) mass is 303 g/mol. The van der Waals surface area contributed by atoms with Crippen molar-refractivity contribution in [2.24, 2.45) is 0 Å². The first kappa shape index (κ1) is 15.7. The number of hydrogen-bond donors (Lipinski definition) is 2. The molecule has 0 fully saturated rings. The van der Waals surface area contributed by atoms with Gasteiger partial charge in [-0.2, -0.15) is 11.8 Å². The van der Waals surface area contributed by atoms with Crippen LogP contribution in [0.4, 0.5) is 5.69 Å². The fraction of sp³-hybridized carbons (Fsp3) is 0.333. The summed E-state index contributed by atoms with van der Waals surface area (Å²) in [5, 5.41) is 11.3. The number of hydrogen-bond acceptors (Lipinski definition) is 4. The number of anilines is 1. The molecule has 104 valence electrons. The quantitative estimate of drug-likeness (QED) is 0.844. The number of carboxylic acid groups (broad SMARTS) is 1. The number of ether oxygens (including phenoxy) is 1. The molecule has 1 amide bonds.